The second-order valence-corrected chi connectivity index (χ2v) is 8.24. The first kappa shape index (κ1) is 19.2. The van der Waals surface area contributed by atoms with Gasteiger partial charge in [0.1, 0.15) is 16.4 Å². The van der Waals surface area contributed by atoms with Crippen LogP contribution in [0.15, 0.2) is 64.2 Å². The second-order valence-electron chi connectivity index (χ2n) is 5.68. The number of rotatable bonds is 7. The van der Waals surface area contributed by atoms with Gasteiger partial charge in [-0.25, -0.2) is 8.42 Å². The zero-order valence-corrected chi connectivity index (χ0v) is 17.1. The molecule has 27 heavy (non-hydrogen) atoms. The summed E-state index contributed by atoms with van der Waals surface area (Å²) in [5, 5.41) is 4.21. The molecule has 0 saturated heterocycles. The van der Waals surface area contributed by atoms with Crippen molar-refractivity contribution in [1.82, 2.24) is 9.78 Å². The summed E-state index contributed by atoms with van der Waals surface area (Å²) in [7, 11) is -0.985. The van der Waals surface area contributed by atoms with E-state index in [2.05, 4.69) is 25.8 Å². The monoisotopic (exact) mass is 451 g/mol. The van der Waals surface area contributed by atoms with E-state index in [1.54, 1.807) is 23.0 Å². The Hall–Kier alpha value is -2.52. The number of benzene rings is 2. The van der Waals surface area contributed by atoms with Crippen LogP contribution in [0.2, 0.25) is 0 Å². The average molecular weight is 452 g/mol. The van der Waals surface area contributed by atoms with Crippen LogP contribution in [0, 0.1) is 0 Å². The number of hydrogen-bond donors (Lipinski definition) is 1. The molecule has 0 bridgehead atoms. The Morgan fingerprint density at radius 3 is 2.52 bits per heavy atom. The van der Waals surface area contributed by atoms with Crippen LogP contribution in [0.5, 0.6) is 11.5 Å². The van der Waals surface area contributed by atoms with Gasteiger partial charge in [-0.3, -0.25) is 9.40 Å². The highest BCUT2D eigenvalue weighted by molar-refractivity contribution is 9.10. The first-order valence-electron chi connectivity index (χ1n) is 7.93. The van der Waals surface area contributed by atoms with Gasteiger partial charge < -0.3 is 9.47 Å². The molecule has 0 amide bonds. The first-order chi connectivity index (χ1) is 12.9. The maximum atomic E-state index is 12.8. The Balaban J connectivity index is 1.81. The summed E-state index contributed by atoms with van der Waals surface area (Å²) in [4.78, 5) is -0.00925. The zero-order chi connectivity index (χ0) is 19.4. The van der Waals surface area contributed by atoms with E-state index < -0.39 is 10.0 Å². The molecule has 3 rings (SSSR count). The Kier molecular flexibility index (Phi) is 5.71. The summed E-state index contributed by atoms with van der Waals surface area (Å²) in [6.45, 7) is 0.525. The van der Waals surface area contributed by atoms with E-state index in [-0.39, 0.29) is 10.6 Å². The molecule has 0 spiro atoms. The molecular weight excluding hydrogens is 434 g/mol. The fourth-order valence-corrected chi connectivity index (χ4v) is 3.96. The maximum Gasteiger partial charge on any atom is 0.265 e. The molecule has 0 aliphatic carbocycles. The van der Waals surface area contributed by atoms with Crippen molar-refractivity contribution in [2.24, 2.45) is 0 Å². The largest absolute Gasteiger partial charge is 0.497 e. The average Bonchev–Trinajstić information content (AvgIpc) is 3.09. The summed E-state index contributed by atoms with van der Waals surface area (Å²) in [6.07, 6.45) is 3.09. The lowest BCUT2D eigenvalue weighted by atomic mass is 10.2. The highest BCUT2D eigenvalue weighted by Crippen LogP contribution is 2.29. The molecule has 0 saturated carbocycles. The van der Waals surface area contributed by atoms with Crippen LogP contribution in [0.25, 0.3) is 0 Å². The van der Waals surface area contributed by atoms with E-state index in [1.165, 1.54) is 26.5 Å². The predicted octanol–water partition coefficient (Wildman–Crippen LogP) is 3.51. The Morgan fingerprint density at radius 1 is 1.11 bits per heavy atom. The lowest BCUT2D eigenvalue weighted by molar-refractivity contribution is 0.392. The topological polar surface area (TPSA) is 82.4 Å². The molecule has 7 nitrogen and oxygen atoms in total. The molecule has 3 aromatic rings. The standard InChI is InChI=1S/C18H18BrN3O4S/c1-25-16-7-8-17(26-2)18(9-16)27(23,24)21-15-10-20-22(12-15)11-13-3-5-14(19)6-4-13/h3-10,12,21H,11H2,1-2H3. The number of nitrogens with zero attached hydrogens (tertiary/aromatic N) is 2. The van der Waals surface area contributed by atoms with Gasteiger partial charge in [0.25, 0.3) is 10.0 Å². The highest BCUT2D eigenvalue weighted by atomic mass is 79.9. The van der Waals surface area contributed by atoms with Gasteiger partial charge in [0.05, 0.1) is 32.6 Å². The third-order valence-electron chi connectivity index (χ3n) is 3.80. The Labute approximate surface area is 166 Å². The quantitative estimate of drug-likeness (QED) is 0.594. The highest BCUT2D eigenvalue weighted by Gasteiger charge is 2.21. The van der Waals surface area contributed by atoms with Crippen LogP contribution in [-0.4, -0.2) is 32.4 Å². The van der Waals surface area contributed by atoms with Crippen LogP contribution in [0.1, 0.15) is 5.56 Å². The Morgan fingerprint density at radius 2 is 1.85 bits per heavy atom. The van der Waals surface area contributed by atoms with Crippen molar-refractivity contribution in [2.75, 3.05) is 18.9 Å². The molecule has 0 aliphatic heterocycles. The smallest absolute Gasteiger partial charge is 0.265 e. The van der Waals surface area contributed by atoms with Crippen LogP contribution in [0.4, 0.5) is 5.69 Å². The number of ether oxygens (including phenoxy) is 2. The van der Waals surface area contributed by atoms with Crippen molar-refractivity contribution in [3.63, 3.8) is 0 Å². The molecule has 1 aromatic heterocycles. The SMILES string of the molecule is COc1ccc(OC)c(S(=O)(=O)Nc2cnn(Cc3ccc(Br)cc3)c2)c1. The normalized spacial score (nSPS) is 11.2. The molecule has 1 heterocycles. The third kappa shape index (κ3) is 4.61. The fraction of sp³-hybridized carbons (Fsp3) is 0.167. The number of sulfonamides is 1. The molecule has 0 aliphatic rings. The van der Waals surface area contributed by atoms with E-state index in [4.69, 9.17) is 9.47 Å². The molecule has 9 heteroatoms. The minimum absolute atomic E-state index is 0.00925. The van der Waals surface area contributed by atoms with Gasteiger partial charge in [0, 0.05) is 16.7 Å². The van der Waals surface area contributed by atoms with E-state index in [0.717, 1.165) is 10.0 Å². The van der Waals surface area contributed by atoms with Crippen molar-refractivity contribution in [1.29, 1.82) is 0 Å². The first-order valence-corrected chi connectivity index (χ1v) is 10.2. The molecule has 0 fully saturated rings. The molecule has 142 valence electrons. The number of aromatic nitrogens is 2. The van der Waals surface area contributed by atoms with Gasteiger partial charge in [-0.2, -0.15) is 5.10 Å². The lowest BCUT2D eigenvalue weighted by Gasteiger charge is -2.11. The van der Waals surface area contributed by atoms with Gasteiger partial charge in [-0.05, 0) is 29.8 Å². The van der Waals surface area contributed by atoms with Crippen molar-refractivity contribution >= 4 is 31.6 Å². The number of anilines is 1. The van der Waals surface area contributed by atoms with Gasteiger partial charge in [-0.15, -0.1) is 0 Å². The van der Waals surface area contributed by atoms with Gasteiger partial charge in [0.15, 0.2) is 0 Å². The summed E-state index contributed by atoms with van der Waals surface area (Å²) in [6, 6.07) is 12.4. The molecule has 0 atom stereocenters. The molecule has 1 N–H and O–H groups in total. The minimum Gasteiger partial charge on any atom is -0.497 e. The van der Waals surface area contributed by atoms with E-state index >= 15 is 0 Å². The predicted molar refractivity (Wildman–Crippen MR) is 106 cm³/mol. The number of hydrogen-bond acceptors (Lipinski definition) is 5. The zero-order valence-electron chi connectivity index (χ0n) is 14.7. The Bertz CT molecular complexity index is 1030. The number of halogens is 1. The van der Waals surface area contributed by atoms with E-state index in [9.17, 15) is 8.42 Å². The summed E-state index contributed by atoms with van der Waals surface area (Å²) >= 11 is 3.39. The third-order valence-corrected chi connectivity index (χ3v) is 5.73. The second kappa shape index (κ2) is 8.01. The molecule has 2 aromatic carbocycles. The maximum absolute atomic E-state index is 12.8. The van der Waals surface area contributed by atoms with Crippen molar-refractivity contribution in [3.05, 3.63) is 64.9 Å². The lowest BCUT2D eigenvalue weighted by Crippen LogP contribution is -2.14. The summed E-state index contributed by atoms with van der Waals surface area (Å²) in [5.74, 6) is 0.646. The molecule has 0 unspecified atom stereocenters. The van der Waals surface area contributed by atoms with Crippen molar-refractivity contribution in [3.8, 4) is 11.5 Å². The van der Waals surface area contributed by atoms with Crippen LogP contribution >= 0.6 is 15.9 Å². The molecular formula is C18H18BrN3O4S. The van der Waals surface area contributed by atoms with E-state index in [1.807, 2.05) is 24.3 Å². The van der Waals surface area contributed by atoms with Gasteiger partial charge in [-0.1, -0.05) is 28.1 Å². The van der Waals surface area contributed by atoms with Crippen LogP contribution in [-0.2, 0) is 16.6 Å². The summed E-state index contributed by atoms with van der Waals surface area (Å²) in [5.41, 5.74) is 1.40. The fourth-order valence-electron chi connectivity index (χ4n) is 2.48. The van der Waals surface area contributed by atoms with E-state index in [0.29, 0.717) is 18.0 Å². The van der Waals surface area contributed by atoms with Gasteiger partial charge in [0.2, 0.25) is 0 Å². The van der Waals surface area contributed by atoms with Crippen LogP contribution in [0.3, 0.4) is 0 Å². The van der Waals surface area contributed by atoms with Gasteiger partial charge >= 0.3 is 0 Å². The number of nitrogens with one attached hydrogen (secondary N) is 1. The summed E-state index contributed by atoms with van der Waals surface area (Å²) < 4.78 is 41.0. The van der Waals surface area contributed by atoms with Crippen molar-refractivity contribution < 1.29 is 17.9 Å². The number of methoxy groups -OCH3 is 2. The minimum atomic E-state index is -3.87. The van der Waals surface area contributed by atoms with Crippen LogP contribution < -0.4 is 14.2 Å². The van der Waals surface area contributed by atoms with Crippen molar-refractivity contribution in [2.45, 2.75) is 11.4 Å². The molecule has 0 radical (unpaired) electrons.